The van der Waals surface area contributed by atoms with Gasteiger partial charge in [-0.2, -0.15) is 4.31 Å². The Morgan fingerprint density at radius 2 is 1.77 bits per heavy atom. The van der Waals surface area contributed by atoms with Crippen molar-refractivity contribution in [1.82, 2.24) is 14.5 Å². The summed E-state index contributed by atoms with van der Waals surface area (Å²) in [7, 11) is -1.52. The summed E-state index contributed by atoms with van der Waals surface area (Å²) in [4.78, 5) is 14.3. The van der Waals surface area contributed by atoms with Crippen LogP contribution in [0.4, 0.5) is 0 Å². The van der Waals surface area contributed by atoms with E-state index in [1.54, 1.807) is 0 Å². The molecule has 1 saturated carbocycles. The molecule has 0 aromatic heterocycles. The van der Waals surface area contributed by atoms with Crippen LogP contribution in [0.1, 0.15) is 33.1 Å². The number of rotatable bonds is 4. The number of carbonyl (C=O) groups excluding carboxylic acids is 1. The average molecular weight is 331 g/mol. The van der Waals surface area contributed by atoms with Crippen molar-refractivity contribution < 1.29 is 13.2 Å². The van der Waals surface area contributed by atoms with Crippen molar-refractivity contribution in [1.29, 1.82) is 0 Å². The second kappa shape index (κ2) is 7.27. The summed E-state index contributed by atoms with van der Waals surface area (Å²) in [5, 5.41) is 2.95. The molecule has 0 aromatic rings. The fourth-order valence-electron chi connectivity index (χ4n) is 3.36. The Morgan fingerprint density at radius 3 is 2.41 bits per heavy atom. The summed E-state index contributed by atoms with van der Waals surface area (Å²) in [6, 6.07) is 0.110. The van der Waals surface area contributed by atoms with Crippen LogP contribution in [-0.2, 0) is 14.8 Å². The van der Waals surface area contributed by atoms with E-state index in [4.69, 9.17) is 0 Å². The molecule has 1 N–H and O–H groups in total. The maximum Gasteiger partial charge on any atom is 0.236 e. The molecule has 1 saturated heterocycles. The summed E-state index contributed by atoms with van der Waals surface area (Å²) in [5.41, 5.74) is 0. The Kier molecular flexibility index (Phi) is 5.85. The number of sulfonamides is 1. The Hall–Kier alpha value is -0.660. The van der Waals surface area contributed by atoms with E-state index >= 15 is 0 Å². The average Bonchev–Trinajstić information content (AvgIpc) is 2.44. The van der Waals surface area contributed by atoms with Gasteiger partial charge in [0.1, 0.15) is 5.75 Å². The Bertz CT molecular complexity index is 486. The second-order valence-corrected chi connectivity index (χ2v) is 8.87. The van der Waals surface area contributed by atoms with Crippen LogP contribution in [0.25, 0.3) is 0 Å². The molecule has 1 aliphatic heterocycles. The highest BCUT2D eigenvalue weighted by Crippen LogP contribution is 2.29. The predicted octanol–water partition coefficient (Wildman–Crippen LogP) is 0.505. The molecule has 1 heterocycles. The van der Waals surface area contributed by atoms with Gasteiger partial charge < -0.3 is 10.2 Å². The summed E-state index contributed by atoms with van der Waals surface area (Å²) in [6.07, 6.45) is 3.24. The number of nitrogens with zero attached hydrogens (tertiary/aromatic N) is 2. The van der Waals surface area contributed by atoms with Crippen LogP contribution < -0.4 is 5.32 Å². The van der Waals surface area contributed by atoms with E-state index in [2.05, 4.69) is 24.1 Å². The lowest BCUT2D eigenvalue weighted by Crippen LogP contribution is -2.51. The fourth-order valence-corrected chi connectivity index (χ4v) is 4.67. The first-order valence-electron chi connectivity index (χ1n) is 8.25. The highest BCUT2D eigenvalue weighted by molar-refractivity contribution is 7.89. The highest BCUT2D eigenvalue weighted by Gasteiger charge is 2.31. The van der Waals surface area contributed by atoms with Crippen LogP contribution in [0.3, 0.4) is 0 Å². The number of piperazine rings is 1. The summed E-state index contributed by atoms with van der Waals surface area (Å²) < 4.78 is 26.1. The molecule has 6 nitrogen and oxygen atoms in total. The standard InChI is InChI=1S/C15H29N3O3S/c1-12-5-4-6-14(13(12)2)16-15(19)11-22(20,21)18-9-7-17(3)8-10-18/h12-14H,4-11H2,1-3H3,(H,16,19)/t12-,13+,14-/m1/s1. The van der Waals surface area contributed by atoms with Crippen molar-refractivity contribution in [3.05, 3.63) is 0 Å². The SMILES string of the molecule is C[C@H]1[C@H](C)CCC[C@H]1NC(=O)CS(=O)(=O)N1CCN(C)CC1. The zero-order valence-corrected chi connectivity index (χ0v) is 14.7. The first-order chi connectivity index (χ1) is 10.3. The third-order valence-corrected chi connectivity index (χ3v) is 7.00. The minimum Gasteiger partial charge on any atom is -0.352 e. The normalized spacial score (nSPS) is 31.9. The van der Waals surface area contributed by atoms with Crippen molar-refractivity contribution in [2.75, 3.05) is 39.0 Å². The molecule has 0 aromatic carbocycles. The maximum atomic E-state index is 12.3. The van der Waals surface area contributed by atoms with E-state index in [1.807, 2.05) is 7.05 Å². The molecule has 7 heteroatoms. The Labute approximate surface area is 134 Å². The molecule has 1 amide bonds. The van der Waals surface area contributed by atoms with E-state index in [9.17, 15) is 13.2 Å². The molecule has 3 atom stereocenters. The minimum atomic E-state index is -3.49. The van der Waals surface area contributed by atoms with Crippen LogP contribution >= 0.6 is 0 Å². The number of hydrogen-bond acceptors (Lipinski definition) is 4. The van der Waals surface area contributed by atoms with Gasteiger partial charge in [0.2, 0.25) is 15.9 Å². The number of nitrogens with one attached hydrogen (secondary N) is 1. The molecule has 0 bridgehead atoms. The minimum absolute atomic E-state index is 0.110. The van der Waals surface area contributed by atoms with Gasteiger partial charge in [-0.05, 0) is 25.3 Å². The fraction of sp³-hybridized carbons (Fsp3) is 0.933. The maximum absolute atomic E-state index is 12.3. The van der Waals surface area contributed by atoms with E-state index in [0.717, 1.165) is 25.9 Å². The Balaban J connectivity index is 1.88. The molecule has 2 fully saturated rings. The zero-order valence-electron chi connectivity index (χ0n) is 13.9. The summed E-state index contributed by atoms with van der Waals surface area (Å²) in [6.45, 7) is 6.73. The van der Waals surface area contributed by atoms with Crippen molar-refractivity contribution in [3.8, 4) is 0 Å². The molecule has 0 radical (unpaired) electrons. The van der Waals surface area contributed by atoms with E-state index < -0.39 is 15.8 Å². The van der Waals surface area contributed by atoms with Crippen molar-refractivity contribution in [3.63, 3.8) is 0 Å². The van der Waals surface area contributed by atoms with Crippen molar-refractivity contribution in [2.24, 2.45) is 11.8 Å². The molecule has 1 aliphatic carbocycles. The number of likely N-dealkylation sites (N-methyl/N-ethyl adjacent to an activating group) is 1. The number of hydrogen-bond donors (Lipinski definition) is 1. The monoisotopic (exact) mass is 331 g/mol. The summed E-state index contributed by atoms with van der Waals surface area (Å²) in [5.74, 6) is 0.205. The van der Waals surface area contributed by atoms with Gasteiger partial charge in [-0.25, -0.2) is 8.42 Å². The highest BCUT2D eigenvalue weighted by atomic mass is 32.2. The van der Waals surface area contributed by atoms with Crippen LogP contribution in [0.2, 0.25) is 0 Å². The lowest BCUT2D eigenvalue weighted by molar-refractivity contribution is -0.120. The topological polar surface area (TPSA) is 69.7 Å². The molecule has 0 unspecified atom stereocenters. The third kappa shape index (κ3) is 4.43. The first kappa shape index (κ1) is 17.7. The lowest BCUT2D eigenvalue weighted by atomic mass is 9.78. The second-order valence-electron chi connectivity index (χ2n) is 6.90. The van der Waals surface area contributed by atoms with E-state index in [-0.39, 0.29) is 11.9 Å². The number of carbonyl (C=O) groups is 1. The van der Waals surface area contributed by atoms with Crippen LogP contribution in [-0.4, -0.2) is 68.6 Å². The molecule has 22 heavy (non-hydrogen) atoms. The molecule has 2 aliphatic rings. The lowest BCUT2D eigenvalue weighted by Gasteiger charge is -2.35. The van der Waals surface area contributed by atoms with E-state index in [0.29, 0.717) is 24.9 Å². The van der Waals surface area contributed by atoms with Gasteiger partial charge >= 0.3 is 0 Å². The van der Waals surface area contributed by atoms with Crippen molar-refractivity contribution >= 4 is 15.9 Å². The van der Waals surface area contributed by atoms with Gasteiger partial charge in [-0.3, -0.25) is 4.79 Å². The molecular weight excluding hydrogens is 302 g/mol. The van der Waals surface area contributed by atoms with Gasteiger partial charge in [0.15, 0.2) is 0 Å². The van der Waals surface area contributed by atoms with Gasteiger partial charge in [-0.15, -0.1) is 0 Å². The summed E-state index contributed by atoms with van der Waals surface area (Å²) >= 11 is 0. The van der Waals surface area contributed by atoms with Crippen molar-refractivity contribution in [2.45, 2.75) is 39.2 Å². The van der Waals surface area contributed by atoms with Gasteiger partial charge in [0.05, 0.1) is 0 Å². The molecule has 0 spiro atoms. The molecule has 128 valence electrons. The molecular formula is C15H29N3O3S. The van der Waals surface area contributed by atoms with Gasteiger partial charge in [0.25, 0.3) is 0 Å². The Morgan fingerprint density at radius 1 is 1.14 bits per heavy atom. The first-order valence-corrected chi connectivity index (χ1v) is 9.86. The van der Waals surface area contributed by atoms with Crippen LogP contribution in [0.15, 0.2) is 0 Å². The largest absolute Gasteiger partial charge is 0.352 e. The van der Waals surface area contributed by atoms with Gasteiger partial charge in [0, 0.05) is 32.2 Å². The van der Waals surface area contributed by atoms with E-state index in [1.165, 1.54) is 10.7 Å². The third-order valence-electron chi connectivity index (χ3n) is 5.22. The van der Waals surface area contributed by atoms with Gasteiger partial charge in [-0.1, -0.05) is 26.7 Å². The predicted molar refractivity (Wildman–Crippen MR) is 87.0 cm³/mol. The zero-order chi connectivity index (χ0) is 16.3. The van der Waals surface area contributed by atoms with Crippen LogP contribution in [0.5, 0.6) is 0 Å². The quantitative estimate of drug-likeness (QED) is 0.815. The molecule has 2 rings (SSSR count). The smallest absolute Gasteiger partial charge is 0.236 e. The number of amides is 1. The van der Waals surface area contributed by atoms with Crippen LogP contribution in [0, 0.1) is 11.8 Å².